The number of piperidine rings is 1. The van der Waals surface area contributed by atoms with E-state index in [0.717, 1.165) is 49.2 Å². The third kappa shape index (κ3) is 6.16. The summed E-state index contributed by atoms with van der Waals surface area (Å²) in [6.07, 6.45) is 2.41. The van der Waals surface area contributed by atoms with E-state index in [0.29, 0.717) is 13.1 Å². The van der Waals surface area contributed by atoms with Crippen LogP contribution in [0, 0.1) is 12.8 Å². The van der Waals surface area contributed by atoms with Gasteiger partial charge in [-0.15, -0.1) is 0 Å². The van der Waals surface area contributed by atoms with Gasteiger partial charge in [0.1, 0.15) is 5.75 Å². The van der Waals surface area contributed by atoms with Gasteiger partial charge in [-0.25, -0.2) is 0 Å². The highest BCUT2D eigenvalue weighted by Crippen LogP contribution is 2.18. The quantitative estimate of drug-likeness (QED) is 0.698. The Morgan fingerprint density at radius 2 is 1.69 bits per heavy atom. The molecule has 0 radical (unpaired) electrons. The van der Waals surface area contributed by atoms with Crippen LogP contribution in [0.15, 0.2) is 48.5 Å². The van der Waals surface area contributed by atoms with Crippen molar-refractivity contribution in [1.29, 1.82) is 0 Å². The Bertz CT molecular complexity index is 807. The Morgan fingerprint density at radius 3 is 2.31 bits per heavy atom. The molecule has 1 aliphatic heterocycles. The topological polar surface area (TPSA) is 58.6 Å². The maximum absolute atomic E-state index is 12.5. The molecule has 5 nitrogen and oxygen atoms in total. The zero-order valence-electron chi connectivity index (χ0n) is 17.3. The van der Waals surface area contributed by atoms with Gasteiger partial charge in [0.15, 0.2) is 5.78 Å². The van der Waals surface area contributed by atoms with Crippen LogP contribution in [0.4, 0.5) is 0 Å². The van der Waals surface area contributed by atoms with Gasteiger partial charge in [0.2, 0.25) is 5.91 Å². The second-order valence-electron chi connectivity index (χ2n) is 7.73. The van der Waals surface area contributed by atoms with Gasteiger partial charge in [0.05, 0.1) is 13.7 Å². The zero-order chi connectivity index (χ0) is 20.6. The van der Waals surface area contributed by atoms with Gasteiger partial charge >= 0.3 is 0 Å². The summed E-state index contributed by atoms with van der Waals surface area (Å²) in [7, 11) is 1.65. The van der Waals surface area contributed by atoms with Gasteiger partial charge in [-0.3, -0.25) is 14.5 Å². The van der Waals surface area contributed by atoms with E-state index in [9.17, 15) is 9.59 Å². The second kappa shape index (κ2) is 10.2. The summed E-state index contributed by atoms with van der Waals surface area (Å²) in [6.45, 7) is 4.65. The Morgan fingerprint density at radius 1 is 1.03 bits per heavy atom. The lowest BCUT2D eigenvalue weighted by Crippen LogP contribution is -2.42. The molecule has 0 bridgehead atoms. The van der Waals surface area contributed by atoms with Crippen molar-refractivity contribution in [2.45, 2.75) is 26.2 Å². The van der Waals surface area contributed by atoms with Crippen molar-refractivity contribution < 1.29 is 14.3 Å². The van der Waals surface area contributed by atoms with Crippen molar-refractivity contribution in [3.63, 3.8) is 0 Å². The SMILES string of the molecule is COc1ccc(CCNC(=O)C2CCN(CC(=O)c3ccc(C)cc3)CC2)cc1. The van der Waals surface area contributed by atoms with Crippen LogP contribution >= 0.6 is 0 Å². The molecule has 1 amide bonds. The molecular formula is C24H30N2O3. The molecule has 154 valence electrons. The minimum atomic E-state index is 0.0385. The van der Waals surface area contributed by atoms with Crippen LogP contribution in [-0.4, -0.2) is 49.9 Å². The fourth-order valence-electron chi connectivity index (χ4n) is 3.65. The number of likely N-dealkylation sites (tertiary alicyclic amines) is 1. The summed E-state index contributed by atoms with van der Waals surface area (Å²) >= 11 is 0. The first-order valence-electron chi connectivity index (χ1n) is 10.3. The molecule has 5 heteroatoms. The molecule has 1 N–H and O–H groups in total. The van der Waals surface area contributed by atoms with Gasteiger partial charge in [-0.05, 0) is 57.0 Å². The second-order valence-corrected chi connectivity index (χ2v) is 7.73. The van der Waals surface area contributed by atoms with E-state index in [1.165, 1.54) is 5.56 Å². The molecule has 0 spiro atoms. The largest absolute Gasteiger partial charge is 0.497 e. The highest BCUT2D eigenvalue weighted by atomic mass is 16.5. The summed E-state index contributed by atoms with van der Waals surface area (Å²) in [6, 6.07) is 15.6. The number of ketones is 1. The van der Waals surface area contributed by atoms with Gasteiger partial charge in [-0.1, -0.05) is 42.0 Å². The molecule has 1 heterocycles. The molecule has 0 aromatic heterocycles. The number of benzene rings is 2. The molecule has 3 rings (SSSR count). The predicted molar refractivity (Wildman–Crippen MR) is 114 cm³/mol. The van der Waals surface area contributed by atoms with Crippen molar-refractivity contribution in [2.24, 2.45) is 5.92 Å². The van der Waals surface area contributed by atoms with Gasteiger partial charge in [-0.2, -0.15) is 0 Å². The Labute approximate surface area is 173 Å². The summed E-state index contributed by atoms with van der Waals surface area (Å²) in [5.41, 5.74) is 3.09. The number of aryl methyl sites for hydroxylation is 1. The standard InChI is InChI=1S/C24H30N2O3/c1-18-3-7-20(8-4-18)23(27)17-26-15-12-21(13-16-26)24(28)25-14-11-19-5-9-22(29-2)10-6-19/h3-10,21H,11-17H2,1-2H3,(H,25,28). The number of rotatable bonds is 8. The number of carbonyl (C=O) groups is 2. The average Bonchev–Trinajstić information content (AvgIpc) is 2.75. The predicted octanol–water partition coefficient (Wildman–Crippen LogP) is 3.26. The van der Waals surface area contributed by atoms with Crippen molar-refractivity contribution >= 4 is 11.7 Å². The third-order valence-electron chi connectivity index (χ3n) is 5.57. The normalized spacial score (nSPS) is 15.1. The minimum absolute atomic E-state index is 0.0385. The fraction of sp³-hybridized carbons (Fsp3) is 0.417. The van der Waals surface area contributed by atoms with E-state index in [1.807, 2.05) is 55.5 Å². The van der Waals surface area contributed by atoms with Crippen LogP contribution in [0.1, 0.15) is 34.3 Å². The number of Topliss-reactive ketones (excluding diaryl/α,β-unsaturated/α-hetero) is 1. The smallest absolute Gasteiger partial charge is 0.223 e. The first-order valence-corrected chi connectivity index (χ1v) is 10.3. The van der Waals surface area contributed by atoms with Crippen molar-refractivity contribution in [2.75, 3.05) is 33.3 Å². The average molecular weight is 395 g/mol. The van der Waals surface area contributed by atoms with Gasteiger partial charge in [0.25, 0.3) is 0 Å². The highest BCUT2D eigenvalue weighted by molar-refractivity contribution is 5.97. The number of carbonyl (C=O) groups excluding carboxylic acids is 2. The molecule has 0 atom stereocenters. The molecule has 0 aliphatic carbocycles. The Balaban J connectivity index is 1.37. The molecule has 0 unspecified atom stereocenters. The molecule has 1 aliphatic rings. The van der Waals surface area contributed by atoms with Crippen molar-refractivity contribution in [3.05, 3.63) is 65.2 Å². The fourth-order valence-corrected chi connectivity index (χ4v) is 3.65. The van der Waals surface area contributed by atoms with E-state index in [4.69, 9.17) is 4.74 Å². The molecule has 2 aromatic carbocycles. The zero-order valence-corrected chi connectivity index (χ0v) is 17.3. The van der Waals surface area contributed by atoms with E-state index in [-0.39, 0.29) is 17.6 Å². The number of hydrogen-bond acceptors (Lipinski definition) is 4. The van der Waals surface area contributed by atoms with Crippen LogP contribution in [0.2, 0.25) is 0 Å². The summed E-state index contributed by atoms with van der Waals surface area (Å²) < 4.78 is 5.16. The van der Waals surface area contributed by atoms with E-state index < -0.39 is 0 Å². The van der Waals surface area contributed by atoms with Crippen LogP contribution in [-0.2, 0) is 11.2 Å². The number of nitrogens with zero attached hydrogens (tertiary/aromatic N) is 1. The first-order chi connectivity index (χ1) is 14.0. The molecule has 2 aromatic rings. The van der Waals surface area contributed by atoms with Gasteiger partial charge in [0, 0.05) is 18.0 Å². The summed E-state index contributed by atoms with van der Waals surface area (Å²) in [5, 5.41) is 3.06. The highest BCUT2D eigenvalue weighted by Gasteiger charge is 2.25. The molecule has 1 fully saturated rings. The van der Waals surface area contributed by atoms with Gasteiger partial charge < -0.3 is 10.1 Å². The lowest BCUT2D eigenvalue weighted by molar-refractivity contribution is -0.126. The molecule has 1 saturated heterocycles. The van der Waals surface area contributed by atoms with E-state index in [1.54, 1.807) is 7.11 Å². The van der Waals surface area contributed by atoms with E-state index >= 15 is 0 Å². The number of methoxy groups -OCH3 is 1. The minimum Gasteiger partial charge on any atom is -0.497 e. The number of hydrogen-bond donors (Lipinski definition) is 1. The van der Waals surface area contributed by atoms with E-state index in [2.05, 4.69) is 10.2 Å². The number of amides is 1. The van der Waals surface area contributed by atoms with Crippen LogP contribution < -0.4 is 10.1 Å². The number of ether oxygens (including phenoxy) is 1. The van der Waals surface area contributed by atoms with Crippen LogP contribution in [0.3, 0.4) is 0 Å². The van der Waals surface area contributed by atoms with Crippen molar-refractivity contribution in [3.8, 4) is 5.75 Å². The van der Waals surface area contributed by atoms with Crippen LogP contribution in [0.25, 0.3) is 0 Å². The Kier molecular flexibility index (Phi) is 7.42. The molecule has 29 heavy (non-hydrogen) atoms. The molecular weight excluding hydrogens is 364 g/mol. The lowest BCUT2D eigenvalue weighted by atomic mass is 9.95. The molecule has 0 saturated carbocycles. The third-order valence-corrected chi connectivity index (χ3v) is 5.57. The summed E-state index contributed by atoms with van der Waals surface area (Å²) in [4.78, 5) is 27.0. The Hall–Kier alpha value is -2.66. The lowest BCUT2D eigenvalue weighted by Gasteiger charge is -2.30. The monoisotopic (exact) mass is 394 g/mol. The summed E-state index contributed by atoms with van der Waals surface area (Å²) in [5.74, 6) is 1.15. The first kappa shape index (κ1) is 21.1. The maximum atomic E-state index is 12.5. The maximum Gasteiger partial charge on any atom is 0.223 e. The van der Waals surface area contributed by atoms with Crippen LogP contribution in [0.5, 0.6) is 5.75 Å². The van der Waals surface area contributed by atoms with Crippen molar-refractivity contribution in [1.82, 2.24) is 10.2 Å². The number of nitrogens with one attached hydrogen (secondary N) is 1.